The second-order valence-corrected chi connectivity index (χ2v) is 33.3. The first-order chi connectivity index (χ1) is 60.5. The number of aromatic carboxylic acids is 1. The highest BCUT2D eigenvalue weighted by Crippen LogP contribution is 2.39. The molecule has 0 radical (unpaired) electrons. The van der Waals surface area contributed by atoms with E-state index in [0.29, 0.717) is 87.2 Å². The minimum Gasteiger partial charge on any atom is -0.497 e. The van der Waals surface area contributed by atoms with Crippen molar-refractivity contribution >= 4 is 190 Å². The average molecular weight is 1910 g/mol. The molecule has 3 amide bonds. The number of carbonyl (C=O) groups is 7. The number of fused-ring (bicyclic) bond motifs is 4. The fraction of sp³-hybridized carbons (Fsp3) is 0.189. The fourth-order valence-corrected chi connectivity index (χ4v) is 18.5. The summed E-state index contributed by atoms with van der Waals surface area (Å²) in [4.78, 5) is 122. The van der Waals surface area contributed by atoms with E-state index in [4.69, 9.17) is 11.2 Å². The number of benzene rings is 7. The number of rotatable bonds is 22. The number of aryl methyl sites for hydroxylation is 3. The average Bonchev–Trinajstić information content (AvgIpc) is 1.65. The zero-order chi connectivity index (χ0) is 91.8. The molecule has 5 N–H and O–H groups in total. The molecule has 0 saturated heterocycles. The van der Waals surface area contributed by atoms with E-state index in [-0.39, 0.29) is 104 Å². The van der Waals surface area contributed by atoms with Gasteiger partial charge in [0.2, 0.25) is 0 Å². The predicted octanol–water partition coefficient (Wildman–Crippen LogP) is 23.9. The van der Waals surface area contributed by atoms with Crippen molar-refractivity contribution in [3.63, 3.8) is 0 Å². The van der Waals surface area contributed by atoms with E-state index in [1.165, 1.54) is 149 Å². The molecule has 672 valence electrons. The normalized spacial score (nSPS) is 11.3. The number of hydrogen-bond acceptors (Lipinski definition) is 24. The number of methoxy groups -OCH3 is 1. The first-order valence-corrected chi connectivity index (χ1v) is 44.2. The number of hydrogen-bond donors (Lipinski definition) is 5. The van der Waals surface area contributed by atoms with Gasteiger partial charge in [0.1, 0.15) is 51.7 Å². The molecule has 39 heteroatoms. The van der Waals surface area contributed by atoms with Crippen molar-refractivity contribution in [2.75, 3.05) is 54.3 Å². The molecule has 7 aromatic carbocycles. The van der Waals surface area contributed by atoms with E-state index in [1.54, 1.807) is 91.9 Å². The largest absolute Gasteiger partial charge is 0.497 e. The lowest BCUT2D eigenvalue weighted by Crippen LogP contribution is -2.14. The minimum atomic E-state index is -4.50. The van der Waals surface area contributed by atoms with Crippen LogP contribution in [0.3, 0.4) is 0 Å². The molecule has 0 aliphatic heterocycles. The van der Waals surface area contributed by atoms with Crippen LogP contribution < -0.4 is 26.0 Å². The summed E-state index contributed by atoms with van der Waals surface area (Å²) >= 11 is 8.23. The number of thiophene rings is 4. The molecule has 0 saturated carbocycles. The number of alkyl halides is 10. The van der Waals surface area contributed by atoms with Crippen molar-refractivity contribution < 1.29 is 92.9 Å². The quantitative estimate of drug-likeness (QED) is 0.0182. The topological polar surface area (TPSA) is 317 Å². The molecule has 0 bridgehead atoms. The number of carboxylic acids is 1. The van der Waals surface area contributed by atoms with Crippen LogP contribution in [0, 0.1) is 20.8 Å². The Bertz CT molecular complexity index is 6670. The van der Waals surface area contributed by atoms with Crippen molar-refractivity contribution in [1.29, 1.82) is 0 Å². The third-order valence-electron chi connectivity index (χ3n) is 18.6. The Morgan fingerprint density at radius 2 is 0.775 bits per heavy atom. The van der Waals surface area contributed by atoms with E-state index in [2.05, 4.69) is 61.1 Å². The second-order valence-electron chi connectivity index (χ2n) is 26.9. The Hall–Kier alpha value is -12.7. The van der Waals surface area contributed by atoms with E-state index in [9.17, 15) is 81.7 Å². The summed E-state index contributed by atoms with van der Waals surface area (Å²) in [6.07, 6.45) is -3.37. The SMILES string of the molecule is C.C.C.COc1ccc(Nc2ncnc3c(C(=O)Nc4cc(C(=O)Cc5cccc(C(F)(F)F)c5)ccc4C)csc23)cc1.CSc1ncnc2c(C(=O)Nc3cc(C(=O)Cc4cccc(C(F)(F)F)c4)ccc3C)csc12.CSc1ncnc2c(C(=O)O)csc12.Cc1ccc(C(=O)Cc2cccc(C(F)(F)F)c2)cc1NC(=O)c1csc2c(S(C)=O)ncnc12.[2H]CF. The van der Waals surface area contributed by atoms with Crippen LogP contribution in [0.15, 0.2) is 214 Å². The lowest BCUT2D eigenvalue weighted by atomic mass is 9.99. The lowest BCUT2D eigenvalue weighted by Gasteiger charge is -2.11. The molecular formula is C90H80F10N12O10S7. The summed E-state index contributed by atoms with van der Waals surface area (Å²) in [6, 6.07) is 35.7. The van der Waals surface area contributed by atoms with E-state index in [0.717, 1.165) is 72.9 Å². The van der Waals surface area contributed by atoms with Crippen LogP contribution in [-0.4, -0.2) is 123 Å². The molecule has 1 unspecified atom stereocenters. The Morgan fingerprint density at radius 3 is 1.12 bits per heavy atom. The fourth-order valence-electron chi connectivity index (χ4n) is 12.2. The molecule has 15 rings (SSSR count). The van der Waals surface area contributed by atoms with Crippen LogP contribution >= 0.6 is 68.9 Å². The van der Waals surface area contributed by atoms with Crippen LogP contribution in [0.25, 0.3) is 40.9 Å². The zero-order valence-electron chi connectivity index (χ0n) is 67.7. The van der Waals surface area contributed by atoms with Gasteiger partial charge in [-0.1, -0.05) is 113 Å². The Morgan fingerprint density at radius 1 is 0.450 bits per heavy atom. The number of nitrogens with one attached hydrogen (secondary N) is 4. The molecule has 129 heavy (non-hydrogen) atoms. The van der Waals surface area contributed by atoms with Gasteiger partial charge < -0.3 is 31.1 Å². The van der Waals surface area contributed by atoms with Gasteiger partial charge in [0, 0.05) is 86.5 Å². The van der Waals surface area contributed by atoms with Crippen molar-refractivity contribution in [1.82, 2.24) is 39.9 Å². The van der Waals surface area contributed by atoms with Gasteiger partial charge in [-0.3, -0.25) is 37.4 Å². The van der Waals surface area contributed by atoms with Gasteiger partial charge in [0.05, 0.1) is 101 Å². The van der Waals surface area contributed by atoms with Crippen LogP contribution in [0.1, 0.15) is 146 Å². The summed E-state index contributed by atoms with van der Waals surface area (Å²) < 4.78 is 153. The maximum atomic E-state index is 13.3. The van der Waals surface area contributed by atoms with Crippen LogP contribution in [0.5, 0.6) is 5.75 Å². The number of thioether (sulfide) groups is 2. The number of ketones is 3. The molecule has 0 aliphatic carbocycles. The van der Waals surface area contributed by atoms with Crippen molar-refractivity contribution in [2.45, 2.75) is 95.9 Å². The maximum Gasteiger partial charge on any atom is 0.416 e. The zero-order valence-corrected chi connectivity index (χ0v) is 72.4. The van der Waals surface area contributed by atoms with Crippen molar-refractivity contribution in [3.8, 4) is 5.75 Å². The highest BCUT2D eigenvalue weighted by atomic mass is 32.2. The van der Waals surface area contributed by atoms with Crippen LogP contribution in [0.2, 0.25) is 0 Å². The van der Waals surface area contributed by atoms with Gasteiger partial charge in [-0.15, -0.1) is 68.9 Å². The standard InChI is InChI=1S/C30H23F3N4O3S.C24H18F3N3O3S2.C24H18F3N3O2S2.C8H6N2O2S2.CH3F.3CH4/c1-17-6-7-19(25(38)13-18-4-3-5-20(12-18)30(31,32)33)14-24(17)37-29(39)23-15-41-27-26(23)34-16-35-28(27)36-21-8-10-22(40-2)11-9-21;1-13-6-7-15(19(31)9-14-4-3-5-16(8-14)24(25,26)27)10-18(13)30-22(32)17-11-34-21-20(17)28-12-29-23(21)35(2)33;1-13-6-7-15(19(31)9-14-4-3-5-16(8-14)24(25,26)27)10-18(13)30-22(32)17-11-34-21-20(17)28-12-29-23(21)33-2;1-13-7-6-5(9-3-10-7)4(2-14-6)8(11)12;1-2;;;/h3-12,14-16H,13H2,1-2H3,(H,37,39)(H,34,35,36);3-8,10-12H,9H2,1-2H3,(H,30,32);3-8,10-12H,9H2,1-2H3,(H,30,32);2-3H,1H3,(H,11,12);1H3;3*1H4/i;;;;1D;;;. The summed E-state index contributed by atoms with van der Waals surface area (Å²) in [5.74, 6) is -2.05. The molecule has 1 atom stereocenters. The Balaban J connectivity index is 0.000000219. The molecule has 0 spiro atoms. The van der Waals surface area contributed by atoms with Gasteiger partial charge in [-0.25, -0.2) is 44.7 Å². The van der Waals surface area contributed by atoms with E-state index < -0.39 is 71.0 Å². The number of aromatic nitrogens is 8. The van der Waals surface area contributed by atoms with Crippen molar-refractivity contribution in [3.05, 3.63) is 288 Å². The van der Waals surface area contributed by atoms with Crippen LogP contribution in [0.4, 0.5) is 72.5 Å². The number of carbonyl (C=O) groups excluding carboxylic acids is 6. The molecule has 8 aromatic heterocycles. The Labute approximate surface area is 761 Å². The highest BCUT2D eigenvalue weighted by Gasteiger charge is 2.34. The second kappa shape index (κ2) is 44.9. The maximum absolute atomic E-state index is 13.3. The molecular weight excluding hydrogens is 1820 g/mol. The lowest BCUT2D eigenvalue weighted by molar-refractivity contribution is -0.138. The van der Waals surface area contributed by atoms with Gasteiger partial charge in [-0.2, -0.15) is 39.5 Å². The van der Waals surface area contributed by atoms with E-state index >= 15 is 0 Å². The first kappa shape index (κ1) is 100. The molecule has 0 aliphatic rings. The Kier molecular flexibility index (Phi) is 34.8. The molecule has 15 aromatic rings. The number of halogens is 10. The van der Waals surface area contributed by atoms with Gasteiger partial charge >= 0.3 is 24.5 Å². The van der Waals surface area contributed by atoms with Crippen LogP contribution in [-0.2, 0) is 48.6 Å². The summed E-state index contributed by atoms with van der Waals surface area (Å²) in [6.45, 7) is 5.32. The minimum absolute atomic E-state index is 0. The number of anilines is 5. The summed E-state index contributed by atoms with van der Waals surface area (Å²) in [7, 11) is -0.761. The van der Waals surface area contributed by atoms with Crippen molar-refractivity contribution in [2.24, 2.45) is 0 Å². The van der Waals surface area contributed by atoms with Gasteiger partial charge in [0.15, 0.2) is 23.2 Å². The molecule has 8 heterocycles. The summed E-state index contributed by atoms with van der Waals surface area (Å²) in [5.41, 5.74) is 6.50. The highest BCUT2D eigenvalue weighted by molar-refractivity contribution is 7.99. The number of ether oxygens (including phenoxy) is 1. The first-order valence-electron chi connectivity index (χ1n) is 37.3. The third kappa shape index (κ3) is 25.2. The van der Waals surface area contributed by atoms with Gasteiger partial charge in [-0.05, 0) is 127 Å². The van der Waals surface area contributed by atoms with E-state index in [1.807, 2.05) is 36.8 Å². The smallest absolute Gasteiger partial charge is 0.416 e. The summed E-state index contributed by atoms with van der Waals surface area (Å²) in [5, 5.41) is 29.1. The monoisotopic (exact) mass is 1900 g/mol. The number of amides is 3. The number of carboxylic acid groups (broad SMARTS) is 1. The predicted molar refractivity (Wildman–Crippen MR) is 492 cm³/mol. The van der Waals surface area contributed by atoms with Gasteiger partial charge in [0.25, 0.3) is 17.7 Å². The number of Topliss-reactive ketones (excluding diaryl/α,β-unsaturated/α-hetero) is 3. The molecule has 0 fully saturated rings. The number of nitrogens with zero attached hydrogens (tertiary/aromatic N) is 8. The molecule has 22 nitrogen and oxygen atoms in total. The third-order valence-corrected chi connectivity index (χ3v) is 25.1.